The van der Waals surface area contributed by atoms with Gasteiger partial charge in [0.1, 0.15) is 0 Å². The number of nitrogens with one attached hydrogen (secondary N) is 1. The van der Waals surface area contributed by atoms with Crippen molar-refractivity contribution in [2.45, 2.75) is 25.3 Å². The normalized spacial score (nSPS) is 20.9. The Morgan fingerprint density at radius 2 is 2.24 bits per heavy atom. The minimum absolute atomic E-state index is 0.516. The summed E-state index contributed by atoms with van der Waals surface area (Å²) < 4.78 is 2.10. The average Bonchev–Trinajstić information content (AvgIpc) is 2.66. The predicted octanol–water partition coefficient (Wildman–Crippen LogP) is 3.65. The molecular formula is C14H17ClN2. The second kappa shape index (κ2) is 4.35. The van der Waals surface area contributed by atoms with Crippen molar-refractivity contribution in [1.82, 2.24) is 9.88 Å². The molecule has 1 unspecified atom stereocenters. The molecule has 3 heteroatoms. The Labute approximate surface area is 107 Å². The minimum Gasteiger partial charge on any atom is -0.349 e. The molecule has 2 nitrogen and oxygen atoms in total. The highest BCUT2D eigenvalue weighted by Crippen LogP contribution is 2.30. The first-order chi connectivity index (χ1) is 8.25. The van der Waals surface area contributed by atoms with Crippen LogP contribution in [-0.4, -0.2) is 11.1 Å². The van der Waals surface area contributed by atoms with Crippen LogP contribution >= 0.6 is 11.6 Å². The van der Waals surface area contributed by atoms with Crippen molar-refractivity contribution < 1.29 is 0 Å². The molecule has 1 aliphatic heterocycles. The lowest BCUT2D eigenvalue weighted by Gasteiger charge is -2.24. The van der Waals surface area contributed by atoms with Gasteiger partial charge >= 0.3 is 0 Å². The second-order valence-electron chi connectivity index (χ2n) is 4.87. The van der Waals surface area contributed by atoms with Gasteiger partial charge in [-0.25, -0.2) is 0 Å². The largest absolute Gasteiger partial charge is 0.349 e. The first-order valence-corrected chi connectivity index (χ1v) is 6.61. The SMILES string of the molecule is Cn1cc(Cl)c2ccc(C3CCCCN3)cc21. The van der Waals surface area contributed by atoms with E-state index >= 15 is 0 Å². The summed E-state index contributed by atoms with van der Waals surface area (Å²) in [5, 5.41) is 5.57. The van der Waals surface area contributed by atoms with E-state index in [1.807, 2.05) is 13.2 Å². The van der Waals surface area contributed by atoms with E-state index in [9.17, 15) is 0 Å². The Bertz CT molecular complexity index is 538. The third-order valence-electron chi connectivity index (χ3n) is 3.68. The standard InChI is InChI=1S/C14H17ClN2/c1-17-9-12(15)11-6-5-10(8-14(11)17)13-4-2-3-7-16-13/h5-6,8-9,13,16H,2-4,7H2,1H3. The molecule has 1 fully saturated rings. The number of hydrogen-bond acceptors (Lipinski definition) is 1. The molecule has 90 valence electrons. The lowest BCUT2D eigenvalue weighted by molar-refractivity contribution is 0.412. The van der Waals surface area contributed by atoms with Gasteiger partial charge < -0.3 is 9.88 Å². The third-order valence-corrected chi connectivity index (χ3v) is 3.98. The molecule has 1 aromatic carbocycles. The van der Waals surface area contributed by atoms with Crippen LogP contribution in [0, 0.1) is 0 Å². The van der Waals surface area contributed by atoms with E-state index in [0.717, 1.165) is 17.0 Å². The zero-order valence-corrected chi connectivity index (χ0v) is 10.8. The molecule has 0 saturated carbocycles. The van der Waals surface area contributed by atoms with Crippen LogP contribution in [0.2, 0.25) is 5.02 Å². The van der Waals surface area contributed by atoms with Crippen molar-refractivity contribution >= 4 is 22.5 Å². The Kier molecular flexibility index (Phi) is 2.85. The maximum Gasteiger partial charge on any atom is 0.0661 e. The van der Waals surface area contributed by atoms with Gasteiger partial charge in [-0.2, -0.15) is 0 Å². The van der Waals surface area contributed by atoms with E-state index in [4.69, 9.17) is 11.6 Å². The van der Waals surface area contributed by atoms with Crippen molar-refractivity contribution in [1.29, 1.82) is 0 Å². The topological polar surface area (TPSA) is 17.0 Å². The van der Waals surface area contributed by atoms with Gasteiger partial charge in [0.05, 0.1) is 5.02 Å². The van der Waals surface area contributed by atoms with Crippen LogP contribution in [0.3, 0.4) is 0 Å². The molecule has 1 atom stereocenters. The first-order valence-electron chi connectivity index (χ1n) is 6.23. The van der Waals surface area contributed by atoms with Crippen molar-refractivity contribution in [2.24, 2.45) is 7.05 Å². The lowest BCUT2D eigenvalue weighted by Crippen LogP contribution is -2.26. The fraction of sp³-hybridized carbons (Fsp3) is 0.429. The van der Waals surface area contributed by atoms with E-state index in [0.29, 0.717) is 6.04 Å². The van der Waals surface area contributed by atoms with Crippen LogP contribution in [-0.2, 0) is 7.05 Å². The molecule has 0 radical (unpaired) electrons. The smallest absolute Gasteiger partial charge is 0.0661 e. The lowest BCUT2D eigenvalue weighted by atomic mass is 9.97. The van der Waals surface area contributed by atoms with Gasteiger partial charge in [0, 0.05) is 30.2 Å². The summed E-state index contributed by atoms with van der Waals surface area (Å²) in [6, 6.07) is 7.13. The van der Waals surface area contributed by atoms with Crippen LogP contribution < -0.4 is 5.32 Å². The van der Waals surface area contributed by atoms with E-state index < -0.39 is 0 Å². The summed E-state index contributed by atoms with van der Waals surface area (Å²) in [5.74, 6) is 0. The molecule has 2 aromatic rings. The van der Waals surface area contributed by atoms with E-state index in [-0.39, 0.29) is 0 Å². The maximum absolute atomic E-state index is 6.18. The number of rotatable bonds is 1. The summed E-state index contributed by atoms with van der Waals surface area (Å²) in [6.07, 6.45) is 5.84. The van der Waals surface area contributed by atoms with Crippen molar-refractivity contribution in [2.75, 3.05) is 6.54 Å². The average molecular weight is 249 g/mol. The molecule has 1 aliphatic rings. The van der Waals surface area contributed by atoms with Crippen LogP contribution in [0.25, 0.3) is 10.9 Å². The van der Waals surface area contributed by atoms with E-state index in [2.05, 4.69) is 28.1 Å². The third kappa shape index (κ3) is 1.96. The summed E-state index contributed by atoms with van der Waals surface area (Å²) >= 11 is 6.18. The molecule has 1 aromatic heterocycles. The van der Waals surface area contributed by atoms with Gasteiger partial charge in [0.25, 0.3) is 0 Å². The fourth-order valence-electron chi connectivity index (χ4n) is 2.70. The zero-order chi connectivity index (χ0) is 11.8. The predicted molar refractivity (Wildman–Crippen MR) is 72.5 cm³/mol. The molecule has 1 N–H and O–H groups in total. The molecule has 0 amide bonds. The van der Waals surface area contributed by atoms with E-state index in [1.165, 1.54) is 30.3 Å². The molecule has 0 spiro atoms. The Hall–Kier alpha value is -0.990. The fourth-order valence-corrected chi connectivity index (χ4v) is 3.01. The van der Waals surface area contributed by atoms with Gasteiger partial charge in [-0.05, 0) is 31.0 Å². The van der Waals surface area contributed by atoms with Gasteiger partial charge in [-0.1, -0.05) is 30.2 Å². The van der Waals surface area contributed by atoms with Crippen LogP contribution in [0.1, 0.15) is 30.9 Å². The summed E-state index contributed by atoms with van der Waals surface area (Å²) in [5.41, 5.74) is 2.61. The minimum atomic E-state index is 0.516. The van der Waals surface area contributed by atoms with Crippen LogP contribution in [0.15, 0.2) is 24.4 Å². The Balaban J connectivity index is 2.03. The monoisotopic (exact) mass is 248 g/mol. The number of aryl methyl sites for hydroxylation is 1. The molecule has 2 heterocycles. The summed E-state index contributed by atoms with van der Waals surface area (Å²) in [7, 11) is 2.05. The first kappa shape index (κ1) is 11.1. The van der Waals surface area contributed by atoms with Gasteiger partial charge in [-0.3, -0.25) is 0 Å². The summed E-state index contributed by atoms with van der Waals surface area (Å²) in [4.78, 5) is 0. The Morgan fingerprint density at radius 1 is 1.35 bits per heavy atom. The zero-order valence-electron chi connectivity index (χ0n) is 10.0. The molecule has 0 bridgehead atoms. The number of piperidine rings is 1. The molecule has 0 aliphatic carbocycles. The molecular weight excluding hydrogens is 232 g/mol. The number of benzene rings is 1. The van der Waals surface area contributed by atoms with Crippen molar-refractivity contribution in [3.63, 3.8) is 0 Å². The number of halogens is 1. The Morgan fingerprint density at radius 3 is 3.00 bits per heavy atom. The number of fused-ring (bicyclic) bond motifs is 1. The maximum atomic E-state index is 6.18. The second-order valence-corrected chi connectivity index (χ2v) is 5.27. The molecule has 1 saturated heterocycles. The van der Waals surface area contributed by atoms with Crippen molar-refractivity contribution in [3.05, 3.63) is 35.0 Å². The van der Waals surface area contributed by atoms with E-state index in [1.54, 1.807) is 0 Å². The van der Waals surface area contributed by atoms with Crippen molar-refractivity contribution in [3.8, 4) is 0 Å². The number of nitrogens with zero attached hydrogens (tertiary/aromatic N) is 1. The highest BCUT2D eigenvalue weighted by atomic mass is 35.5. The van der Waals surface area contributed by atoms with Crippen LogP contribution in [0.5, 0.6) is 0 Å². The molecule has 3 rings (SSSR count). The number of aromatic nitrogens is 1. The quantitative estimate of drug-likeness (QED) is 0.815. The highest BCUT2D eigenvalue weighted by Gasteiger charge is 2.15. The number of hydrogen-bond donors (Lipinski definition) is 1. The van der Waals surface area contributed by atoms with Crippen LogP contribution in [0.4, 0.5) is 0 Å². The van der Waals surface area contributed by atoms with Gasteiger partial charge in [-0.15, -0.1) is 0 Å². The van der Waals surface area contributed by atoms with Gasteiger partial charge in [0.15, 0.2) is 0 Å². The summed E-state index contributed by atoms with van der Waals surface area (Å²) in [6.45, 7) is 1.14. The van der Waals surface area contributed by atoms with Gasteiger partial charge in [0.2, 0.25) is 0 Å². The highest BCUT2D eigenvalue weighted by molar-refractivity contribution is 6.35. The molecule has 17 heavy (non-hydrogen) atoms.